The summed E-state index contributed by atoms with van der Waals surface area (Å²) in [5, 5.41) is 9.03. The van der Waals surface area contributed by atoms with Crippen LogP contribution in [0.15, 0.2) is 12.1 Å². The van der Waals surface area contributed by atoms with Crippen molar-refractivity contribution in [2.24, 2.45) is 11.8 Å². The molecular weight excluding hydrogens is 242 g/mol. The van der Waals surface area contributed by atoms with Crippen molar-refractivity contribution in [3.8, 4) is 5.88 Å². The Morgan fingerprint density at radius 1 is 1.32 bits per heavy atom. The molecule has 1 aromatic rings. The minimum atomic E-state index is -0.944. The molecule has 2 rings (SSSR count). The summed E-state index contributed by atoms with van der Waals surface area (Å²) < 4.78 is 5.87. The molecule has 0 bridgehead atoms. The van der Waals surface area contributed by atoms with Crippen LogP contribution in [0.2, 0.25) is 0 Å². The van der Waals surface area contributed by atoms with Crippen molar-refractivity contribution in [1.29, 1.82) is 0 Å². The van der Waals surface area contributed by atoms with Gasteiger partial charge in [-0.25, -0.2) is 9.78 Å². The van der Waals surface area contributed by atoms with Gasteiger partial charge in [-0.3, -0.25) is 0 Å². The Balaban J connectivity index is 2.09. The number of rotatable bonds is 3. The minimum absolute atomic E-state index is 0.155. The highest BCUT2D eigenvalue weighted by Gasteiger charge is 2.26. The number of aromatic nitrogens is 1. The van der Waals surface area contributed by atoms with Crippen LogP contribution in [0.1, 0.15) is 49.2 Å². The molecule has 4 heteroatoms. The van der Waals surface area contributed by atoms with Gasteiger partial charge in [0.2, 0.25) is 5.88 Å². The van der Waals surface area contributed by atoms with E-state index >= 15 is 0 Å². The van der Waals surface area contributed by atoms with Gasteiger partial charge in [-0.1, -0.05) is 13.8 Å². The average molecular weight is 263 g/mol. The van der Waals surface area contributed by atoms with E-state index in [0.29, 0.717) is 17.5 Å². The second-order valence-electron chi connectivity index (χ2n) is 5.65. The molecule has 1 saturated carbocycles. The Labute approximate surface area is 113 Å². The summed E-state index contributed by atoms with van der Waals surface area (Å²) in [5.41, 5.74) is 0.909. The van der Waals surface area contributed by atoms with Crippen LogP contribution < -0.4 is 4.74 Å². The molecule has 1 heterocycles. The molecular formula is C15H21NO3. The van der Waals surface area contributed by atoms with E-state index in [1.165, 1.54) is 6.07 Å². The molecule has 3 unspecified atom stereocenters. The van der Waals surface area contributed by atoms with Gasteiger partial charge in [0.05, 0.1) is 5.56 Å². The second kappa shape index (κ2) is 5.59. The molecule has 0 radical (unpaired) electrons. The summed E-state index contributed by atoms with van der Waals surface area (Å²) in [6.07, 6.45) is 3.34. The number of aromatic carboxylic acids is 1. The van der Waals surface area contributed by atoms with Gasteiger partial charge in [0, 0.05) is 11.8 Å². The Kier molecular flexibility index (Phi) is 4.08. The number of hydrogen-bond donors (Lipinski definition) is 1. The number of hydrogen-bond acceptors (Lipinski definition) is 3. The molecule has 0 saturated heterocycles. The third-order valence-corrected chi connectivity index (χ3v) is 4.01. The number of aryl methyl sites for hydroxylation is 1. The molecule has 0 aliphatic heterocycles. The van der Waals surface area contributed by atoms with Crippen molar-refractivity contribution >= 4 is 5.97 Å². The van der Waals surface area contributed by atoms with Crippen LogP contribution >= 0.6 is 0 Å². The molecule has 0 amide bonds. The van der Waals surface area contributed by atoms with Crippen LogP contribution in [0.5, 0.6) is 5.88 Å². The van der Waals surface area contributed by atoms with Crippen LogP contribution in [0.25, 0.3) is 0 Å². The lowest BCUT2D eigenvalue weighted by Gasteiger charge is -2.32. The molecule has 104 valence electrons. The summed E-state index contributed by atoms with van der Waals surface area (Å²) in [6.45, 7) is 6.30. The van der Waals surface area contributed by atoms with E-state index in [2.05, 4.69) is 18.8 Å². The fourth-order valence-corrected chi connectivity index (χ4v) is 2.60. The van der Waals surface area contributed by atoms with Gasteiger partial charge in [-0.2, -0.15) is 0 Å². The Bertz CT molecular complexity index is 472. The zero-order valence-corrected chi connectivity index (χ0v) is 11.7. The molecule has 0 aromatic carbocycles. The maximum Gasteiger partial charge on any atom is 0.335 e. The van der Waals surface area contributed by atoms with E-state index in [1.54, 1.807) is 13.0 Å². The highest BCUT2D eigenvalue weighted by molar-refractivity contribution is 5.87. The van der Waals surface area contributed by atoms with Crippen molar-refractivity contribution in [2.75, 3.05) is 0 Å². The first-order valence-electron chi connectivity index (χ1n) is 6.84. The lowest BCUT2D eigenvalue weighted by Crippen LogP contribution is -2.29. The van der Waals surface area contributed by atoms with Gasteiger partial charge < -0.3 is 9.84 Å². The molecule has 1 aliphatic rings. The van der Waals surface area contributed by atoms with E-state index in [9.17, 15) is 4.79 Å². The average Bonchev–Trinajstić information content (AvgIpc) is 2.33. The van der Waals surface area contributed by atoms with Gasteiger partial charge in [0.25, 0.3) is 0 Å². The van der Waals surface area contributed by atoms with Crippen LogP contribution in [0, 0.1) is 18.8 Å². The molecule has 1 aromatic heterocycles. The number of carbonyl (C=O) groups is 1. The van der Waals surface area contributed by atoms with E-state index < -0.39 is 5.97 Å². The molecule has 4 nitrogen and oxygen atoms in total. The van der Waals surface area contributed by atoms with E-state index in [0.717, 1.165) is 25.2 Å². The van der Waals surface area contributed by atoms with Crippen molar-refractivity contribution in [1.82, 2.24) is 4.98 Å². The van der Waals surface area contributed by atoms with Gasteiger partial charge in [0.15, 0.2) is 0 Å². The van der Waals surface area contributed by atoms with Crippen LogP contribution in [-0.2, 0) is 0 Å². The van der Waals surface area contributed by atoms with Crippen molar-refractivity contribution in [2.45, 2.75) is 46.1 Å². The lowest BCUT2D eigenvalue weighted by atomic mass is 9.80. The third-order valence-electron chi connectivity index (χ3n) is 4.01. The van der Waals surface area contributed by atoms with Crippen molar-refractivity contribution in [3.63, 3.8) is 0 Å². The lowest BCUT2D eigenvalue weighted by molar-refractivity contribution is 0.0693. The van der Waals surface area contributed by atoms with Crippen molar-refractivity contribution < 1.29 is 14.6 Å². The molecule has 1 aliphatic carbocycles. The van der Waals surface area contributed by atoms with Gasteiger partial charge in [-0.05, 0) is 44.1 Å². The van der Waals surface area contributed by atoms with E-state index in [4.69, 9.17) is 9.84 Å². The molecule has 3 atom stereocenters. The number of carboxylic acids is 1. The minimum Gasteiger partial charge on any atom is -0.478 e. The number of carboxylic acid groups (broad SMARTS) is 1. The van der Waals surface area contributed by atoms with Crippen LogP contribution in [-0.4, -0.2) is 22.2 Å². The van der Waals surface area contributed by atoms with E-state index in [1.807, 2.05) is 0 Å². The summed E-state index contributed by atoms with van der Waals surface area (Å²) in [7, 11) is 0. The molecule has 0 spiro atoms. The Hall–Kier alpha value is -1.58. The van der Waals surface area contributed by atoms with Gasteiger partial charge in [-0.15, -0.1) is 0 Å². The molecule has 19 heavy (non-hydrogen) atoms. The fraction of sp³-hybridized carbons (Fsp3) is 0.600. The first kappa shape index (κ1) is 13.8. The standard InChI is InChI=1S/C15H21NO3/c1-9-4-5-13(6-10(9)2)19-14-8-12(15(17)18)7-11(3)16-14/h7-10,13H,4-6H2,1-3H3,(H,17,18). The number of ether oxygens (including phenoxy) is 1. The summed E-state index contributed by atoms with van der Waals surface area (Å²) in [5.74, 6) is 0.868. The number of nitrogens with zero attached hydrogens (tertiary/aromatic N) is 1. The molecule has 1 fully saturated rings. The first-order valence-corrected chi connectivity index (χ1v) is 6.84. The summed E-state index contributed by atoms with van der Waals surface area (Å²) in [6, 6.07) is 3.07. The maximum atomic E-state index is 11.0. The third kappa shape index (κ3) is 3.46. The summed E-state index contributed by atoms with van der Waals surface area (Å²) in [4.78, 5) is 15.3. The normalized spacial score (nSPS) is 27.0. The first-order chi connectivity index (χ1) is 8.95. The largest absolute Gasteiger partial charge is 0.478 e. The zero-order chi connectivity index (χ0) is 14.0. The Morgan fingerprint density at radius 2 is 2.05 bits per heavy atom. The van der Waals surface area contributed by atoms with Gasteiger partial charge in [0.1, 0.15) is 6.10 Å². The predicted octanol–water partition coefficient (Wildman–Crippen LogP) is 3.29. The molecule has 1 N–H and O–H groups in total. The fourth-order valence-electron chi connectivity index (χ4n) is 2.60. The maximum absolute atomic E-state index is 11.0. The van der Waals surface area contributed by atoms with Gasteiger partial charge >= 0.3 is 5.97 Å². The van der Waals surface area contributed by atoms with E-state index in [-0.39, 0.29) is 11.7 Å². The van der Waals surface area contributed by atoms with Crippen LogP contribution in [0.4, 0.5) is 0 Å². The summed E-state index contributed by atoms with van der Waals surface area (Å²) >= 11 is 0. The SMILES string of the molecule is Cc1cc(C(=O)O)cc(OC2CCC(C)C(C)C2)n1. The van der Waals surface area contributed by atoms with Crippen molar-refractivity contribution in [3.05, 3.63) is 23.4 Å². The number of pyridine rings is 1. The second-order valence-corrected chi connectivity index (χ2v) is 5.65. The quantitative estimate of drug-likeness (QED) is 0.909. The topological polar surface area (TPSA) is 59.4 Å². The highest BCUT2D eigenvalue weighted by Crippen LogP contribution is 2.31. The zero-order valence-electron chi connectivity index (χ0n) is 11.7. The monoisotopic (exact) mass is 263 g/mol. The predicted molar refractivity (Wildman–Crippen MR) is 72.5 cm³/mol. The smallest absolute Gasteiger partial charge is 0.335 e. The highest BCUT2D eigenvalue weighted by atomic mass is 16.5. The van der Waals surface area contributed by atoms with Crippen LogP contribution in [0.3, 0.4) is 0 Å². The Morgan fingerprint density at radius 3 is 2.68 bits per heavy atom.